The maximum absolute atomic E-state index is 11.9. The summed E-state index contributed by atoms with van der Waals surface area (Å²) in [5.41, 5.74) is 3.80. The summed E-state index contributed by atoms with van der Waals surface area (Å²) in [6.45, 7) is 6.90. The fraction of sp³-hybridized carbons (Fsp3) is 0.818. The summed E-state index contributed by atoms with van der Waals surface area (Å²) in [5.74, 6) is -1.06. The van der Waals surface area contributed by atoms with Crippen LogP contribution in [-0.2, 0) is 9.53 Å². The minimum atomic E-state index is -1.28. The normalized spacial score (nSPS) is 29.2. The first-order valence-corrected chi connectivity index (χ1v) is 5.56. The summed E-state index contributed by atoms with van der Waals surface area (Å²) in [6, 6.07) is -0.330. The van der Waals surface area contributed by atoms with Crippen LogP contribution in [0, 0.1) is 0 Å². The summed E-state index contributed by atoms with van der Waals surface area (Å²) >= 11 is 0. The van der Waals surface area contributed by atoms with Crippen LogP contribution in [0.25, 0.3) is 0 Å². The van der Waals surface area contributed by atoms with Crippen molar-refractivity contribution in [1.82, 2.24) is 4.90 Å². The van der Waals surface area contributed by atoms with Crippen molar-refractivity contribution in [3.8, 4) is 0 Å². The van der Waals surface area contributed by atoms with Gasteiger partial charge < -0.3 is 15.6 Å². The molecule has 0 saturated carbocycles. The molecule has 1 saturated heterocycles. The van der Waals surface area contributed by atoms with Gasteiger partial charge in [0.2, 0.25) is 0 Å². The average molecular weight is 244 g/mol. The lowest BCUT2D eigenvalue weighted by atomic mass is 9.98. The van der Waals surface area contributed by atoms with E-state index in [9.17, 15) is 14.7 Å². The van der Waals surface area contributed by atoms with E-state index in [0.29, 0.717) is 0 Å². The van der Waals surface area contributed by atoms with Gasteiger partial charge in [-0.1, -0.05) is 0 Å². The molecule has 2 atom stereocenters. The Kier molecular flexibility index (Phi) is 3.38. The van der Waals surface area contributed by atoms with E-state index in [0.717, 1.165) is 0 Å². The molecule has 1 amide bonds. The Hall–Kier alpha value is -1.30. The molecule has 0 aromatic carbocycles. The second kappa shape index (κ2) is 4.18. The molecule has 6 heteroatoms. The van der Waals surface area contributed by atoms with Crippen molar-refractivity contribution < 1.29 is 19.4 Å². The lowest BCUT2D eigenvalue weighted by Gasteiger charge is -2.32. The molecule has 1 aliphatic heterocycles. The molecule has 0 aliphatic carbocycles. The molecule has 6 nitrogen and oxygen atoms in total. The van der Waals surface area contributed by atoms with Gasteiger partial charge in [0, 0.05) is 12.6 Å². The van der Waals surface area contributed by atoms with Crippen LogP contribution in [0.4, 0.5) is 4.79 Å². The Morgan fingerprint density at radius 1 is 1.47 bits per heavy atom. The lowest BCUT2D eigenvalue weighted by molar-refractivity contribution is -0.148. The highest BCUT2D eigenvalue weighted by Crippen LogP contribution is 2.30. The van der Waals surface area contributed by atoms with E-state index in [1.807, 2.05) is 0 Å². The van der Waals surface area contributed by atoms with Crippen molar-refractivity contribution in [1.29, 1.82) is 0 Å². The predicted octanol–water partition coefficient (Wildman–Crippen LogP) is 0.798. The van der Waals surface area contributed by atoms with E-state index in [1.54, 1.807) is 20.8 Å². The number of nitrogens with two attached hydrogens (primary N) is 1. The number of hydrogen-bond acceptors (Lipinski definition) is 4. The molecule has 3 N–H and O–H groups in total. The number of carbonyl (C=O) groups is 2. The highest BCUT2D eigenvalue weighted by atomic mass is 16.6. The Morgan fingerprint density at radius 2 is 2.00 bits per heavy atom. The third-order valence-electron chi connectivity index (χ3n) is 2.75. The van der Waals surface area contributed by atoms with E-state index in [1.165, 1.54) is 11.8 Å². The highest BCUT2D eigenvalue weighted by Gasteiger charge is 2.50. The molecule has 17 heavy (non-hydrogen) atoms. The molecule has 0 aromatic rings. The van der Waals surface area contributed by atoms with E-state index >= 15 is 0 Å². The maximum Gasteiger partial charge on any atom is 0.411 e. The number of likely N-dealkylation sites (tertiary alicyclic amines) is 1. The number of amides is 1. The summed E-state index contributed by atoms with van der Waals surface area (Å²) in [6.07, 6.45) is -0.392. The van der Waals surface area contributed by atoms with Gasteiger partial charge in [-0.25, -0.2) is 9.59 Å². The summed E-state index contributed by atoms with van der Waals surface area (Å²) in [7, 11) is 0. The molecule has 98 valence electrons. The third kappa shape index (κ3) is 2.88. The van der Waals surface area contributed by atoms with Gasteiger partial charge in [-0.3, -0.25) is 4.90 Å². The molecule has 2 unspecified atom stereocenters. The Balaban J connectivity index is 2.88. The minimum absolute atomic E-state index is 0.206. The van der Waals surface area contributed by atoms with Gasteiger partial charge in [-0.05, 0) is 34.1 Å². The predicted molar refractivity (Wildman–Crippen MR) is 61.6 cm³/mol. The number of ether oxygens (including phenoxy) is 1. The zero-order valence-corrected chi connectivity index (χ0v) is 10.7. The Labute approximate surface area is 101 Å². The number of nitrogens with zero attached hydrogens (tertiary/aromatic N) is 1. The van der Waals surface area contributed by atoms with Crippen molar-refractivity contribution in [3.63, 3.8) is 0 Å². The van der Waals surface area contributed by atoms with Crippen LogP contribution in [0.1, 0.15) is 34.1 Å². The molecular weight excluding hydrogens is 224 g/mol. The van der Waals surface area contributed by atoms with Crippen LogP contribution >= 0.6 is 0 Å². The Morgan fingerprint density at radius 3 is 2.41 bits per heavy atom. The second-order valence-corrected chi connectivity index (χ2v) is 5.63. The molecule has 1 fully saturated rings. The first-order valence-electron chi connectivity index (χ1n) is 5.56. The fourth-order valence-electron chi connectivity index (χ4n) is 1.92. The van der Waals surface area contributed by atoms with Gasteiger partial charge in [-0.2, -0.15) is 0 Å². The second-order valence-electron chi connectivity index (χ2n) is 5.63. The lowest BCUT2D eigenvalue weighted by Crippen LogP contribution is -2.52. The number of aliphatic carboxylic acids is 1. The van der Waals surface area contributed by atoms with Gasteiger partial charge >= 0.3 is 12.1 Å². The fourth-order valence-corrected chi connectivity index (χ4v) is 1.92. The summed E-state index contributed by atoms with van der Waals surface area (Å²) < 4.78 is 5.18. The minimum Gasteiger partial charge on any atom is -0.480 e. The summed E-state index contributed by atoms with van der Waals surface area (Å²) in [5, 5.41) is 9.20. The molecule has 1 aliphatic rings. The molecule has 0 bridgehead atoms. The van der Waals surface area contributed by atoms with Gasteiger partial charge in [0.15, 0.2) is 0 Å². The van der Waals surface area contributed by atoms with E-state index in [-0.39, 0.29) is 19.0 Å². The van der Waals surface area contributed by atoms with Crippen molar-refractivity contribution >= 4 is 12.1 Å². The molecular formula is C11H20N2O4. The average Bonchev–Trinajstić information content (AvgIpc) is 2.40. The van der Waals surface area contributed by atoms with Crippen molar-refractivity contribution in [2.75, 3.05) is 6.54 Å². The molecule has 1 rings (SSSR count). The van der Waals surface area contributed by atoms with Crippen LogP contribution in [0.5, 0.6) is 0 Å². The summed E-state index contributed by atoms with van der Waals surface area (Å²) in [4.78, 5) is 24.4. The maximum atomic E-state index is 11.9. The molecule has 0 spiro atoms. The van der Waals surface area contributed by atoms with E-state index in [4.69, 9.17) is 10.5 Å². The van der Waals surface area contributed by atoms with Crippen LogP contribution < -0.4 is 5.73 Å². The number of carboxylic acid groups (broad SMARTS) is 1. The van der Waals surface area contributed by atoms with Crippen LogP contribution in [0.15, 0.2) is 0 Å². The van der Waals surface area contributed by atoms with Gasteiger partial charge in [0.1, 0.15) is 11.1 Å². The monoisotopic (exact) mass is 244 g/mol. The van der Waals surface area contributed by atoms with Crippen LogP contribution in [0.2, 0.25) is 0 Å². The number of carboxylic acids is 1. The Bertz CT molecular complexity index is 337. The molecule has 0 radical (unpaired) electrons. The quantitative estimate of drug-likeness (QED) is 0.711. The number of carbonyl (C=O) groups excluding carboxylic acids is 1. The SMILES string of the molecule is CC(C)(C)OC(=O)N1CC(N)CC1(C)C(=O)O. The van der Waals surface area contributed by atoms with Crippen LogP contribution in [-0.4, -0.2) is 45.8 Å². The van der Waals surface area contributed by atoms with Crippen molar-refractivity contribution in [2.24, 2.45) is 5.73 Å². The molecule has 0 aromatic heterocycles. The number of hydrogen-bond donors (Lipinski definition) is 2. The zero-order chi connectivity index (χ0) is 13.4. The van der Waals surface area contributed by atoms with Gasteiger partial charge in [0.05, 0.1) is 0 Å². The highest BCUT2D eigenvalue weighted by molar-refractivity contribution is 5.85. The topological polar surface area (TPSA) is 92.9 Å². The first-order chi connectivity index (χ1) is 7.56. The number of rotatable bonds is 1. The standard InChI is InChI=1S/C11H20N2O4/c1-10(2,3)17-9(16)13-6-7(12)5-11(13,4)8(14)15/h7H,5-6,12H2,1-4H3,(H,14,15). The van der Waals surface area contributed by atoms with Crippen molar-refractivity contribution in [3.05, 3.63) is 0 Å². The zero-order valence-electron chi connectivity index (χ0n) is 10.7. The van der Waals surface area contributed by atoms with Crippen LogP contribution in [0.3, 0.4) is 0 Å². The van der Waals surface area contributed by atoms with Gasteiger partial charge in [0.25, 0.3) is 0 Å². The largest absolute Gasteiger partial charge is 0.480 e. The van der Waals surface area contributed by atoms with Crippen molar-refractivity contribution in [2.45, 2.75) is 51.3 Å². The molecule has 1 heterocycles. The first kappa shape index (κ1) is 13.8. The smallest absolute Gasteiger partial charge is 0.411 e. The third-order valence-corrected chi connectivity index (χ3v) is 2.75. The van der Waals surface area contributed by atoms with Gasteiger partial charge in [-0.15, -0.1) is 0 Å². The van der Waals surface area contributed by atoms with E-state index < -0.39 is 23.2 Å². The van der Waals surface area contributed by atoms with E-state index in [2.05, 4.69) is 0 Å².